The van der Waals surface area contributed by atoms with Crippen LogP contribution in [0.1, 0.15) is 463 Å². The van der Waals surface area contributed by atoms with Gasteiger partial charge in [-0.2, -0.15) is 0 Å². The maximum Gasteiger partial charge on any atom is 0.306 e. The van der Waals surface area contributed by atoms with E-state index in [1.807, 2.05) is 21.1 Å². The molecule has 0 saturated heterocycles. The summed E-state index contributed by atoms with van der Waals surface area (Å²) in [5.41, 5.74) is 0. The van der Waals surface area contributed by atoms with E-state index in [0.29, 0.717) is 17.4 Å². The Morgan fingerprint density at radius 1 is 0.314 bits per heavy atom. The number of phosphoric acid groups is 1. The van der Waals surface area contributed by atoms with Gasteiger partial charge in [0.25, 0.3) is 7.82 Å². The van der Waals surface area contributed by atoms with E-state index >= 15 is 0 Å². The third-order valence-electron chi connectivity index (χ3n) is 20.6. The Hall–Kier alpha value is -2.29. The van der Waals surface area contributed by atoms with Crippen molar-refractivity contribution in [2.24, 2.45) is 0 Å². The minimum Gasteiger partial charge on any atom is -0.756 e. The molecule has 0 spiro atoms. The zero-order chi connectivity index (χ0) is 74.0. The van der Waals surface area contributed by atoms with Crippen LogP contribution in [0.2, 0.25) is 0 Å². The molecule has 0 fully saturated rings. The third kappa shape index (κ3) is 86.6. The maximum absolute atomic E-state index is 12.9. The van der Waals surface area contributed by atoms with Crippen LogP contribution in [0, 0.1) is 0 Å². The minimum absolute atomic E-state index is 0.0277. The summed E-state index contributed by atoms with van der Waals surface area (Å²) in [7, 11) is 1.19. The zero-order valence-electron chi connectivity index (χ0n) is 68.8. The molecule has 0 N–H and O–H groups in total. The molecule has 2 unspecified atom stereocenters. The molecule has 0 saturated carbocycles. The zero-order valence-corrected chi connectivity index (χ0v) is 69.7. The van der Waals surface area contributed by atoms with Crippen molar-refractivity contribution < 1.29 is 42.1 Å². The van der Waals surface area contributed by atoms with Crippen molar-refractivity contribution in [1.82, 2.24) is 0 Å². The fraction of sp³-hybridized carbons (Fsp3) is 0.870. The average Bonchev–Trinajstić information content (AvgIpc) is 0.914. The van der Waals surface area contributed by atoms with Gasteiger partial charge >= 0.3 is 11.9 Å². The SMILES string of the molecule is CC/C=C\C/C=C\C/C=C\C/C=C\C/C=C\CCCCCCCCCCCCCCCCCCCCCCCCCC(=O)OC(COC(=O)CCCCCCCCCCCCCCCCCCCCCCCCCCCCCCCCCCCCCCCCC)COP(=O)([O-])OCC[N+](C)(C)C. The van der Waals surface area contributed by atoms with Crippen molar-refractivity contribution in [3.05, 3.63) is 60.8 Å². The molecule has 600 valence electrons. The van der Waals surface area contributed by atoms with Crippen LogP contribution in [-0.2, 0) is 32.7 Å². The second kappa shape index (κ2) is 82.8. The van der Waals surface area contributed by atoms with Crippen LogP contribution in [-0.4, -0.2) is 70.0 Å². The highest BCUT2D eigenvalue weighted by atomic mass is 31.2. The molecule has 102 heavy (non-hydrogen) atoms. The van der Waals surface area contributed by atoms with Crippen LogP contribution in [0.5, 0.6) is 0 Å². The van der Waals surface area contributed by atoms with Crippen LogP contribution >= 0.6 is 7.82 Å². The number of hydrogen-bond acceptors (Lipinski definition) is 8. The van der Waals surface area contributed by atoms with Crippen LogP contribution in [0.4, 0.5) is 0 Å². The molecule has 10 heteroatoms. The Bertz CT molecular complexity index is 1910. The predicted molar refractivity (Wildman–Crippen MR) is 443 cm³/mol. The molecule has 0 aromatic rings. The first-order valence-corrected chi connectivity index (χ1v) is 46.5. The Morgan fingerprint density at radius 2 is 0.559 bits per heavy atom. The fourth-order valence-corrected chi connectivity index (χ4v) is 14.5. The number of nitrogens with zero attached hydrogens (tertiary/aromatic N) is 1. The van der Waals surface area contributed by atoms with Gasteiger partial charge in [0.1, 0.15) is 19.8 Å². The molecule has 9 nitrogen and oxygen atoms in total. The van der Waals surface area contributed by atoms with Crippen molar-refractivity contribution in [2.75, 3.05) is 47.5 Å². The number of quaternary nitrogens is 1. The molecule has 0 aliphatic rings. The van der Waals surface area contributed by atoms with Crippen molar-refractivity contribution in [3.63, 3.8) is 0 Å². The van der Waals surface area contributed by atoms with Gasteiger partial charge in [-0.15, -0.1) is 0 Å². The highest BCUT2D eigenvalue weighted by Gasteiger charge is 2.22. The van der Waals surface area contributed by atoms with E-state index in [4.69, 9.17) is 18.5 Å². The quantitative estimate of drug-likeness (QED) is 0.0195. The lowest BCUT2D eigenvalue weighted by Gasteiger charge is -2.28. The molecular weight excluding hydrogens is 1280 g/mol. The van der Waals surface area contributed by atoms with Crippen molar-refractivity contribution >= 4 is 19.8 Å². The number of allylic oxidation sites excluding steroid dienone is 10. The first kappa shape index (κ1) is 99.7. The fourth-order valence-electron chi connectivity index (χ4n) is 13.8. The molecule has 2 atom stereocenters. The smallest absolute Gasteiger partial charge is 0.306 e. The van der Waals surface area contributed by atoms with E-state index < -0.39 is 26.5 Å². The van der Waals surface area contributed by atoms with E-state index in [9.17, 15) is 19.0 Å². The van der Waals surface area contributed by atoms with Gasteiger partial charge in [0, 0.05) is 12.8 Å². The standard InChI is InChI=1S/C92H174NO8P/c1-6-8-10-12-14-16-18-20-22-24-26-28-30-32-34-36-38-40-42-44-46-48-50-52-54-56-58-60-62-64-66-68-70-72-74-76-78-80-82-84-91(94)98-88-90(89-100-102(96,97)99-87-86-93(3,4)5)101-92(95)85-83-81-79-77-75-73-71-69-67-65-63-61-59-57-55-53-51-49-47-45-43-41-39-37-35-33-31-29-27-25-23-21-19-17-15-13-11-9-7-2/h9,11,15,17,21,23,27,29,33,35,90H,6-8,10,12-14,16,18-20,22,24-26,28,30-32,34,36-89H2,1-5H3/b11-9-,17-15-,23-21-,29-27-,35-33-. The number of ether oxygens (including phenoxy) is 2. The lowest BCUT2D eigenvalue weighted by atomic mass is 10.0. The number of rotatable bonds is 85. The Morgan fingerprint density at radius 3 is 0.833 bits per heavy atom. The number of likely N-dealkylation sites (N-methyl/N-ethyl adjacent to an activating group) is 1. The number of carbonyl (C=O) groups excluding carboxylic acids is 2. The van der Waals surface area contributed by atoms with E-state index in [-0.39, 0.29) is 32.0 Å². The summed E-state index contributed by atoms with van der Waals surface area (Å²) in [6.45, 7) is 4.21. The molecule has 0 bridgehead atoms. The van der Waals surface area contributed by atoms with Gasteiger partial charge in [-0.3, -0.25) is 14.2 Å². The molecule has 0 heterocycles. The molecular formula is C92H174NO8P. The summed E-state index contributed by atoms with van der Waals surface area (Å²) >= 11 is 0. The summed E-state index contributed by atoms with van der Waals surface area (Å²) < 4.78 is 34.5. The van der Waals surface area contributed by atoms with Gasteiger partial charge in [0.15, 0.2) is 6.10 Å². The largest absolute Gasteiger partial charge is 0.756 e. The van der Waals surface area contributed by atoms with Crippen molar-refractivity contribution in [1.29, 1.82) is 0 Å². The average molecular weight is 1450 g/mol. The van der Waals surface area contributed by atoms with Gasteiger partial charge in [-0.1, -0.05) is 453 Å². The molecule has 0 amide bonds. The van der Waals surface area contributed by atoms with E-state index in [1.54, 1.807) is 0 Å². The summed E-state index contributed by atoms with van der Waals surface area (Å²) in [4.78, 5) is 38.3. The van der Waals surface area contributed by atoms with Crippen LogP contribution in [0.3, 0.4) is 0 Å². The van der Waals surface area contributed by atoms with Crippen LogP contribution in [0.15, 0.2) is 60.8 Å². The molecule has 0 aromatic heterocycles. The van der Waals surface area contributed by atoms with Gasteiger partial charge in [-0.05, 0) is 57.8 Å². The second-order valence-electron chi connectivity index (χ2n) is 31.9. The monoisotopic (exact) mass is 1450 g/mol. The Balaban J connectivity index is 3.84. The van der Waals surface area contributed by atoms with Crippen LogP contribution < -0.4 is 4.89 Å². The predicted octanol–water partition coefficient (Wildman–Crippen LogP) is 29.8. The number of esters is 2. The number of phosphoric ester groups is 1. The van der Waals surface area contributed by atoms with Crippen molar-refractivity contribution in [2.45, 2.75) is 469 Å². The first-order valence-electron chi connectivity index (χ1n) is 45.0. The Labute approximate surface area is 636 Å². The lowest BCUT2D eigenvalue weighted by Crippen LogP contribution is -2.37. The lowest BCUT2D eigenvalue weighted by molar-refractivity contribution is -0.870. The molecule has 0 aliphatic carbocycles. The van der Waals surface area contributed by atoms with Gasteiger partial charge < -0.3 is 27.9 Å². The van der Waals surface area contributed by atoms with E-state index in [1.165, 1.54) is 366 Å². The summed E-state index contributed by atoms with van der Waals surface area (Å²) in [6.07, 6.45) is 113. The summed E-state index contributed by atoms with van der Waals surface area (Å²) in [5.74, 6) is -0.805. The molecule has 0 aromatic carbocycles. The van der Waals surface area contributed by atoms with Crippen molar-refractivity contribution in [3.8, 4) is 0 Å². The second-order valence-corrected chi connectivity index (χ2v) is 33.4. The molecule has 0 rings (SSSR count). The first-order chi connectivity index (χ1) is 50.0. The maximum atomic E-state index is 12.9. The number of unbranched alkanes of at least 4 members (excludes halogenated alkanes) is 61. The summed E-state index contributed by atoms with van der Waals surface area (Å²) in [6, 6.07) is 0. The topological polar surface area (TPSA) is 111 Å². The normalized spacial score (nSPS) is 13.2. The van der Waals surface area contributed by atoms with Gasteiger partial charge in [0.2, 0.25) is 0 Å². The third-order valence-corrected chi connectivity index (χ3v) is 21.5. The highest BCUT2D eigenvalue weighted by Crippen LogP contribution is 2.38. The number of hydrogen-bond donors (Lipinski definition) is 0. The van der Waals surface area contributed by atoms with E-state index in [2.05, 4.69) is 74.6 Å². The van der Waals surface area contributed by atoms with Crippen LogP contribution in [0.25, 0.3) is 0 Å². The number of carbonyl (C=O) groups is 2. The van der Waals surface area contributed by atoms with E-state index in [0.717, 1.165) is 64.2 Å². The highest BCUT2D eigenvalue weighted by molar-refractivity contribution is 7.45. The van der Waals surface area contributed by atoms with Gasteiger partial charge in [0.05, 0.1) is 27.7 Å². The molecule has 0 radical (unpaired) electrons. The Kier molecular flexibility index (Phi) is 80.9. The molecule has 0 aliphatic heterocycles. The minimum atomic E-state index is -4.65. The summed E-state index contributed by atoms with van der Waals surface area (Å²) in [5, 5.41) is 0. The van der Waals surface area contributed by atoms with Gasteiger partial charge in [-0.25, -0.2) is 0 Å².